The van der Waals surface area contributed by atoms with Crippen molar-refractivity contribution in [3.63, 3.8) is 0 Å². The number of rotatable bonds is 5. The average Bonchev–Trinajstić information content (AvgIpc) is 2.52. The molecule has 0 heterocycles. The van der Waals surface area contributed by atoms with Crippen molar-refractivity contribution in [2.24, 2.45) is 0 Å². The molecule has 2 aromatic rings. The summed E-state index contributed by atoms with van der Waals surface area (Å²) in [5.74, 6) is -1.73. The third-order valence-electron chi connectivity index (χ3n) is 3.18. The van der Waals surface area contributed by atoms with E-state index in [1.807, 2.05) is 6.07 Å². The Labute approximate surface area is 155 Å². The van der Waals surface area contributed by atoms with Gasteiger partial charge in [0.1, 0.15) is 5.75 Å². The number of nitrogens with two attached hydrogens (primary N) is 1. The van der Waals surface area contributed by atoms with Crippen molar-refractivity contribution in [2.75, 3.05) is 16.8 Å². The van der Waals surface area contributed by atoms with Crippen molar-refractivity contribution < 1.29 is 13.2 Å². The quantitative estimate of drug-likeness (QED) is 0.752. The monoisotopic (exact) mass is 397 g/mol. The number of carbonyl (C=O) groups is 1. The van der Waals surface area contributed by atoms with Gasteiger partial charge in [0.05, 0.1) is 33.1 Å². The predicted octanol–water partition coefficient (Wildman–Crippen LogP) is 3.00. The Balaban J connectivity index is 2.04. The minimum atomic E-state index is -3.69. The Morgan fingerprint density at radius 1 is 1.16 bits per heavy atom. The van der Waals surface area contributed by atoms with Crippen molar-refractivity contribution in [1.29, 1.82) is 5.26 Å². The van der Waals surface area contributed by atoms with Gasteiger partial charge in [-0.15, -0.1) is 0 Å². The van der Waals surface area contributed by atoms with Gasteiger partial charge in [-0.2, -0.15) is 5.26 Å². The van der Waals surface area contributed by atoms with E-state index < -0.39 is 21.5 Å². The van der Waals surface area contributed by atoms with Crippen LogP contribution in [-0.2, 0) is 20.4 Å². The van der Waals surface area contributed by atoms with E-state index in [4.69, 9.17) is 34.2 Å². The lowest BCUT2D eigenvalue weighted by molar-refractivity contribution is -0.113. The summed E-state index contributed by atoms with van der Waals surface area (Å²) in [5, 5.41) is 11.5. The molecule has 1 amide bonds. The highest BCUT2D eigenvalue weighted by atomic mass is 35.5. The molecular formula is C16H13Cl2N3O3S. The number of nitrogens with zero attached hydrogens (tertiary/aromatic N) is 1. The summed E-state index contributed by atoms with van der Waals surface area (Å²) in [6.07, 6.45) is 0. The van der Waals surface area contributed by atoms with Crippen LogP contribution in [0.5, 0.6) is 0 Å². The second kappa shape index (κ2) is 7.74. The molecule has 0 fully saturated rings. The maximum absolute atomic E-state index is 12.1. The third kappa shape index (κ3) is 5.36. The Kier molecular flexibility index (Phi) is 5.90. The van der Waals surface area contributed by atoms with Crippen molar-refractivity contribution in [3.8, 4) is 6.07 Å². The van der Waals surface area contributed by atoms with Crippen LogP contribution in [0.2, 0.25) is 10.0 Å². The van der Waals surface area contributed by atoms with Gasteiger partial charge in [0, 0.05) is 5.69 Å². The van der Waals surface area contributed by atoms with Crippen LogP contribution in [0.25, 0.3) is 0 Å². The van der Waals surface area contributed by atoms with Gasteiger partial charge in [-0.05, 0) is 29.8 Å². The first-order valence-corrected chi connectivity index (χ1v) is 9.52. The number of nitrogens with one attached hydrogen (secondary N) is 1. The van der Waals surface area contributed by atoms with E-state index in [1.165, 1.54) is 36.4 Å². The zero-order chi connectivity index (χ0) is 18.6. The Hall–Kier alpha value is -2.27. The predicted molar refractivity (Wildman–Crippen MR) is 98.2 cm³/mol. The summed E-state index contributed by atoms with van der Waals surface area (Å²) in [7, 11) is -3.69. The lowest BCUT2D eigenvalue weighted by Gasteiger charge is -2.09. The third-order valence-corrected chi connectivity index (χ3v) is 5.28. The van der Waals surface area contributed by atoms with E-state index >= 15 is 0 Å². The average molecular weight is 398 g/mol. The smallest absolute Gasteiger partial charge is 0.239 e. The maximum atomic E-state index is 12.1. The number of halogens is 2. The van der Waals surface area contributed by atoms with Crippen molar-refractivity contribution in [1.82, 2.24) is 0 Å². The van der Waals surface area contributed by atoms with Crippen LogP contribution in [0.4, 0.5) is 11.4 Å². The zero-order valence-corrected chi connectivity index (χ0v) is 15.1. The standard InChI is InChI=1S/C16H13Cl2N3O3S/c17-13-5-12(6-14(18)16(13)20)21-15(22)9-25(23,24)8-11-3-1-10(7-19)2-4-11/h1-6H,8-9,20H2,(H,21,22). The lowest BCUT2D eigenvalue weighted by Crippen LogP contribution is -2.24. The summed E-state index contributed by atoms with van der Waals surface area (Å²) >= 11 is 11.7. The van der Waals surface area contributed by atoms with Crippen LogP contribution < -0.4 is 11.1 Å². The second-order valence-corrected chi connectivity index (χ2v) is 8.12. The molecule has 0 aromatic heterocycles. The van der Waals surface area contributed by atoms with Crippen LogP contribution in [0.15, 0.2) is 36.4 Å². The molecule has 0 aliphatic rings. The van der Waals surface area contributed by atoms with E-state index in [0.29, 0.717) is 11.1 Å². The zero-order valence-electron chi connectivity index (χ0n) is 12.8. The number of amides is 1. The summed E-state index contributed by atoms with van der Waals surface area (Å²) in [4.78, 5) is 12.0. The van der Waals surface area contributed by atoms with E-state index in [2.05, 4.69) is 5.32 Å². The maximum Gasteiger partial charge on any atom is 0.239 e. The number of nitrogen functional groups attached to an aromatic ring is 1. The summed E-state index contributed by atoms with van der Waals surface area (Å²) < 4.78 is 24.3. The normalized spacial score (nSPS) is 10.9. The van der Waals surface area contributed by atoms with Gasteiger partial charge in [-0.25, -0.2) is 8.42 Å². The molecule has 3 N–H and O–H groups in total. The molecule has 0 unspecified atom stereocenters. The molecule has 0 saturated heterocycles. The summed E-state index contributed by atoms with van der Waals surface area (Å²) in [5.41, 5.74) is 6.94. The number of nitriles is 1. The van der Waals surface area contributed by atoms with Gasteiger partial charge < -0.3 is 11.1 Å². The Morgan fingerprint density at radius 3 is 2.24 bits per heavy atom. The fraction of sp³-hybridized carbons (Fsp3) is 0.125. The molecule has 0 bridgehead atoms. The van der Waals surface area contributed by atoms with Crippen LogP contribution >= 0.6 is 23.2 Å². The molecule has 0 atom stereocenters. The summed E-state index contributed by atoms with van der Waals surface area (Å²) in [6.45, 7) is 0. The fourth-order valence-corrected chi connectivity index (χ4v) is 3.79. The highest BCUT2D eigenvalue weighted by molar-refractivity contribution is 7.91. The van der Waals surface area contributed by atoms with Crippen molar-refractivity contribution in [2.45, 2.75) is 5.75 Å². The molecule has 0 aliphatic heterocycles. The number of carbonyl (C=O) groups excluding carboxylic acids is 1. The molecule has 0 spiro atoms. The molecule has 0 aliphatic carbocycles. The van der Waals surface area contributed by atoms with Gasteiger partial charge in [0.2, 0.25) is 5.91 Å². The second-order valence-electron chi connectivity index (χ2n) is 5.24. The highest BCUT2D eigenvalue weighted by Gasteiger charge is 2.18. The summed E-state index contributed by atoms with van der Waals surface area (Å²) in [6, 6.07) is 10.8. The number of benzene rings is 2. The molecule has 2 rings (SSSR count). The van der Waals surface area contributed by atoms with Crippen LogP contribution in [0.1, 0.15) is 11.1 Å². The molecule has 0 saturated carbocycles. The van der Waals surface area contributed by atoms with Gasteiger partial charge in [-0.3, -0.25) is 4.79 Å². The first-order valence-electron chi connectivity index (χ1n) is 6.94. The van der Waals surface area contributed by atoms with Gasteiger partial charge >= 0.3 is 0 Å². The van der Waals surface area contributed by atoms with Gasteiger partial charge in [-0.1, -0.05) is 35.3 Å². The highest BCUT2D eigenvalue weighted by Crippen LogP contribution is 2.31. The Bertz CT molecular complexity index is 929. The molecule has 9 heteroatoms. The molecule has 130 valence electrons. The molecule has 2 aromatic carbocycles. The number of hydrogen-bond acceptors (Lipinski definition) is 5. The molecular weight excluding hydrogens is 385 g/mol. The number of anilines is 2. The molecule has 6 nitrogen and oxygen atoms in total. The topological polar surface area (TPSA) is 113 Å². The SMILES string of the molecule is N#Cc1ccc(CS(=O)(=O)CC(=O)Nc2cc(Cl)c(N)c(Cl)c2)cc1. The molecule has 25 heavy (non-hydrogen) atoms. The lowest BCUT2D eigenvalue weighted by atomic mass is 10.2. The van der Waals surface area contributed by atoms with Crippen molar-refractivity contribution >= 4 is 50.3 Å². The number of sulfone groups is 1. The van der Waals surface area contributed by atoms with E-state index in [9.17, 15) is 13.2 Å². The first-order chi connectivity index (χ1) is 11.7. The first kappa shape index (κ1) is 19.1. The van der Waals surface area contributed by atoms with Crippen LogP contribution in [0, 0.1) is 11.3 Å². The van der Waals surface area contributed by atoms with E-state index in [1.54, 1.807) is 0 Å². The van der Waals surface area contributed by atoms with Crippen LogP contribution in [0.3, 0.4) is 0 Å². The van der Waals surface area contributed by atoms with Crippen LogP contribution in [-0.4, -0.2) is 20.1 Å². The number of hydrogen-bond donors (Lipinski definition) is 2. The molecule has 0 radical (unpaired) electrons. The Morgan fingerprint density at radius 2 is 1.72 bits per heavy atom. The minimum Gasteiger partial charge on any atom is -0.396 e. The minimum absolute atomic E-state index is 0.156. The van der Waals surface area contributed by atoms with E-state index in [0.717, 1.165) is 0 Å². The van der Waals surface area contributed by atoms with Crippen molar-refractivity contribution in [3.05, 3.63) is 57.6 Å². The largest absolute Gasteiger partial charge is 0.396 e. The fourth-order valence-electron chi connectivity index (χ4n) is 2.03. The van der Waals surface area contributed by atoms with E-state index in [-0.39, 0.29) is 27.2 Å². The van der Waals surface area contributed by atoms with Gasteiger partial charge in [0.25, 0.3) is 0 Å². The van der Waals surface area contributed by atoms with Gasteiger partial charge in [0.15, 0.2) is 9.84 Å².